The van der Waals surface area contributed by atoms with Gasteiger partial charge >= 0.3 is 0 Å². The van der Waals surface area contributed by atoms with E-state index in [1.54, 1.807) is 24.3 Å². The van der Waals surface area contributed by atoms with Crippen molar-refractivity contribution in [3.8, 4) is 22.6 Å². The molecule has 0 saturated carbocycles. The van der Waals surface area contributed by atoms with Crippen molar-refractivity contribution in [3.05, 3.63) is 84.4 Å². The van der Waals surface area contributed by atoms with Gasteiger partial charge in [0.2, 0.25) is 0 Å². The number of para-hydroxylation sites is 1. The molecule has 0 aliphatic heterocycles. The number of hydrogen-bond acceptors (Lipinski definition) is 3. The molecular weight excluding hydrogens is 288 g/mol. The molecule has 0 aliphatic rings. The zero-order valence-electron chi connectivity index (χ0n) is 12.6. The number of aliphatic hydroxyl groups is 1. The van der Waals surface area contributed by atoms with Crippen molar-refractivity contribution in [2.75, 3.05) is 6.61 Å². The minimum Gasteiger partial charge on any atom is -0.508 e. The van der Waals surface area contributed by atoms with Gasteiger partial charge in [-0.3, -0.25) is 0 Å². The monoisotopic (exact) mass is 306 g/mol. The summed E-state index contributed by atoms with van der Waals surface area (Å²) < 4.78 is 5.61. The summed E-state index contributed by atoms with van der Waals surface area (Å²) in [5, 5.41) is 19.8. The number of aliphatic hydroxyl groups excluding tert-OH is 1. The van der Waals surface area contributed by atoms with Gasteiger partial charge in [0.15, 0.2) is 0 Å². The van der Waals surface area contributed by atoms with Gasteiger partial charge in [-0.15, -0.1) is 0 Å². The molecule has 0 amide bonds. The summed E-state index contributed by atoms with van der Waals surface area (Å²) in [6.07, 6.45) is -0.870. The van der Waals surface area contributed by atoms with Crippen LogP contribution in [0.4, 0.5) is 0 Å². The zero-order valence-corrected chi connectivity index (χ0v) is 12.6. The molecule has 0 spiro atoms. The number of ether oxygens (including phenoxy) is 1. The molecule has 3 aromatic carbocycles. The fourth-order valence-electron chi connectivity index (χ4n) is 2.41. The fourth-order valence-corrected chi connectivity index (χ4v) is 2.41. The van der Waals surface area contributed by atoms with E-state index in [2.05, 4.69) is 12.1 Å². The first-order chi connectivity index (χ1) is 11.2. The average Bonchev–Trinajstić information content (AvgIpc) is 2.61. The topological polar surface area (TPSA) is 49.7 Å². The first kappa shape index (κ1) is 15.1. The molecule has 3 nitrogen and oxygen atoms in total. The molecule has 0 aromatic heterocycles. The average molecular weight is 306 g/mol. The van der Waals surface area contributed by atoms with Crippen LogP contribution in [0.3, 0.4) is 0 Å². The Balaban J connectivity index is 1.64. The first-order valence-electron chi connectivity index (χ1n) is 7.48. The molecule has 3 heteroatoms. The molecule has 23 heavy (non-hydrogen) atoms. The Morgan fingerprint density at radius 3 is 2.04 bits per heavy atom. The third-order valence-electron chi connectivity index (χ3n) is 3.67. The number of aromatic hydroxyl groups is 1. The lowest BCUT2D eigenvalue weighted by atomic mass is 10.1. The van der Waals surface area contributed by atoms with Crippen LogP contribution in [0, 0.1) is 0 Å². The quantitative estimate of drug-likeness (QED) is 0.743. The summed E-state index contributed by atoms with van der Waals surface area (Å²) >= 11 is 0. The van der Waals surface area contributed by atoms with E-state index < -0.39 is 6.10 Å². The molecule has 0 bridgehead atoms. The Kier molecular flexibility index (Phi) is 4.60. The number of hydrogen-bond donors (Lipinski definition) is 2. The number of phenolic OH excluding ortho intramolecular Hbond substituents is 1. The van der Waals surface area contributed by atoms with Crippen LogP contribution in [0.25, 0.3) is 11.1 Å². The number of phenols is 1. The fraction of sp³-hybridized carbons (Fsp3) is 0.100. The van der Waals surface area contributed by atoms with Crippen LogP contribution < -0.4 is 4.74 Å². The van der Waals surface area contributed by atoms with E-state index in [-0.39, 0.29) is 12.4 Å². The third-order valence-corrected chi connectivity index (χ3v) is 3.67. The van der Waals surface area contributed by atoms with Crippen LogP contribution in [0.5, 0.6) is 11.5 Å². The van der Waals surface area contributed by atoms with Gasteiger partial charge < -0.3 is 14.9 Å². The van der Waals surface area contributed by atoms with Crippen LogP contribution in [-0.4, -0.2) is 16.8 Å². The molecule has 3 rings (SSSR count). The molecular formula is C20H18O3. The SMILES string of the molecule is Oc1ccccc1C(O)COc1ccc(-c2ccccc2)cc1. The first-order valence-corrected chi connectivity index (χ1v) is 7.48. The van der Waals surface area contributed by atoms with Crippen molar-refractivity contribution in [1.82, 2.24) is 0 Å². The summed E-state index contributed by atoms with van der Waals surface area (Å²) in [4.78, 5) is 0. The molecule has 0 fully saturated rings. The minimum absolute atomic E-state index is 0.0722. The van der Waals surface area contributed by atoms with Crippen LogP contribution in [0.15, 0.2) is 78.9 Å². The summed E-state index contributed by atoms with van der Waals surface area (Å²) in [6, 6.07) is 24.5. The standard InChI is InChI=1S/C20H18O3/c21-19-9-5-4-8-18(19)20(22)14-23-17-12-10-16(11-13-17)15-6-2-1-3-7-15/h1-13,20-22H,14H2. The molecule has 0 radical (unpaired) electrons. The molecule has 0 heterocycles. The summed E-state index contributed by atoms with van der Waals surface area (Å²) in [7, 11) is 0. The van der Waals surface area contributed by atoms with E-state index in [1.165, 1.54) is 0 Å². The summed E-state index contributed by atoms with van der Waals surface area (Å²) in [5.74, 6) is 0.752. The van der Waals surface area contributed by atoms with Gasteiger partial charge in [-0.1, -0.05) is 60.7 Å². The maximum absolute atomic E-state index is 10.1. The van der Waals surface area contributed by atoms with Crippen LogP contribution >= 0.6 is 0 Å². The highest BCUT2D eigenvalue weighted by Crippen LogP contribution is 2.26. The maximum Gasteiger partial charge on any atom is 0.121 e. The largest absolute Gasteiger partial charge is 0.508 e. The van der Waals surface area contributed by atoms with E-state index in [4.69, 9.17) is 4.74 Å². The van der Waals surface area contributed by atoms with Crippen molar-refractivity contribution >= 4 is 0 Å². The van der Waals surface area contributed by atoms with Gasteiger partial charge in [-0.2, -0.15) is 0 Å². The van der Waals surface area contributed by atoms with Crippen molar-refractivity contribution in [3.63, 3.8) is 0 Å². The third kappa shape index (κ3) is 3.71. The Hall–Kier alpha value is -2.78. The van der Waals surface area contributed by atoms with E-state index >= 15 is 0 Å². The van der Waals surface area contributed by atoms with Gasteiger partial charge in [0.25, 0.3) is 0 Å². The lowest BCUT2D eigenvalue weighted by Crippen LogP contribution is -2.09. The predicted octanol–water partition coefficient (Wildman–Crippen LogP) is 4.17. The molecule has 3 aromatic rings. The predicted molar refractivity (Wildman–Crippen MR) is 90.4 cm³/mol. The zero-order chi connectivity index (χ0) is 16.1. The normalized spacial score (nSPS) is 11.9. The van der Waals surface area contributed by atoms with Gasteiger partial charge in [0, 0.05) is 5.56 Å². The molecule has 0 saturated heterocycles. The maximum atomic E-state index is 10.1. The Morgan fingerprint density at radius 2 is 1.35 bits per heavy atom. The second kappa shape index (κ2) is 6.99. The van der Waals surface area contributed by atoms with Crippen molar-refractivity contribution in [2.45, 2.75) is 6.10 Å². The lowest BCUT2D eigenvalue weighted by Gasteiger charge is -2.14. The second-order valence-corrected chi connectivity index (χ2v) is 5.28. The van der Waals surface area contributed by atoms with E-state index in [0.29, 0.717) is 11.3 Å². The second-order valence-electron chi connectivity index (χ2n) is 5.28. The van der Waals surface area contributed by atoms with Crippen LogP contribution in [0.2, 0.25) is 0 Å². The van der Waals surface area contributed by atoms with E-state index in [1.807, 2.05) is 42.5 Å². The smallest absolute Gasteiger partial charge is 0.121 e. The Bertz CT molecular complexity index is 751. The highest BCUT2D eigenvalue weighted by Gasteiger charge is 2.12. The van der Waals surface area contributed by atoms with Crippen molar-refractivity contribution < 1.29 is 14.9 Å². The molecule has 1 atom stereocenters. The number of rotatable bonds is 5. The van der Waals surface area contributed by atoms with Crippen LogP contribution in [-0.2, 0) is 0 Å². The summed E-state index contributed by atoms with van der Waals surface area (Å²) in [6.45, 7) is 0.0856. The van der Waals surface area contributed by atoms with E-state index in [0.717, 1.165) is 11.1 Å². The van der Waals surface area contributed by atoms with Crippen LogP contribution in [0.1, 0.15) is 11.7 Å². The van der Waals surface area contributed by atoms with Gasteiger partial charge in [0.1, 0.15) is 24.2 Å². The van der Waals surface area contributed by atoms with Gasteiger partial charge in [-0.05, 0) is 29.3 Å². The minimum atomic E-state index is -0.870. The van der Waals surface area contributed by atoms with Crippen molar-refractivity contribution in [2.24, 2.45) is 0 Å². The molecule has 0 aliphatic carbocycles. The van der Waals surface area contributed by atoms with Gasteiger partial charge in [-0.25, -0.2) is 0 Å². The van der Waals surface area contributed by atoms with E-state index in [9.17, 15) is 10.2 Å². The lowest BCUT2D eigenvalue weighted by molar-refractivity contribution is 0.106. The highest BCUT2D eigenvalue weighted by molar-refractivity contribution is 5.63. The molecule has 116 valence electrons. The summed E-state index contributed by atoms with van der Waals surface area (Å²) in [5.41, 5.74) is 2.72. The number of benzene rings is 3. The highest BCUT2D eigenvalue weighted by atomic mass is 16.5. The molecule has 2 N–H and O–H groups in total. The Morgan fingerprint density at radius 1 is 0.739 bits per heavy atom. The van der Waals surface area contributed by atoms with Crippen molar-refractivity contribution in [1.29, 1.82) is 0 Å². The molecule has 1 unspecified atom stereocenters. The van der Waals surface area contributed by atoms with Gasteiger partial charge in [0.05, 0.1) is 0 Å². The Labute approximate surface area is 135 Å².